The molecular weight excluding hydrogens is 240 g/mol. The minimum Gasteiger partial charge on any atom is -0.195 e. The Morgan fingerprint density at radius 2 is 1.06 bits per heavy atom. The lowest BCUT2D eigenvalue weighted by atomic mass is 10.2. The first-order valence-electron chi connectivity index (χ1n) is 6.77. The summed E-state index contributed by atoms with van der Waals surface area (Å²) < 4.78 is 0. The standard InChI is InChI=1S/C15H30O2Si/c1-11-15(16-17-15)18(12(2,3)4,13(5,6)7)14(8,9)10/h11H,1H2,2-10H3. The first kappa shape index (κ1) is 15.9. The van der Waals surface area contributed by atoms with E-state index in [0.29, 0.717) is 0 Å². The summed E-state index contributed by atoms with van der Waals surface area (Å²) >= 11 is 0. The van der Waals surface area contributed by atoms with E-state index in [-0.39, 0.29) is 15.1 Å². The fraction of sp³-hybridized carbons (Fsp3) is 0.867. The van der Waals surface area contributed by atoms with Crippen LogP contribution in [0.4, 0.5) is 0 Å². The van der Waals surface area contributed by atoms with E-state index in [1.807, 2.05) is 6.08 Å². The average molecular weight is 270 g/mol. The second-order valence-electron chi connectivity index (χ2n) is 8.54. The van der Waals surface area contributed by atoms with Crippen molar-refractivity contribution in [2.75, 3.05) is 0 Å². The van der Waals surface area contributed by atoms with E-state index in [4.69, 9.17) is 9.78 Å². The molecule has 0 saturated carbocycles. The molecule has 1 aliphatic rings. The summed E-state index contributed by atoms with van der Waals surface area (Å²) in [7, 11) is -2.08. The minimum atomic E-state index is -2.08. The first-order valence-corrected chi connectivity index (χ1v) is 8.77. The monoisotopic (exact) mass is 270 g/mol. The molecule has 1 aliphatic heterocycles. The quantitative estimate of drug-likeness (QED) is 0.297. The fourth-order valence-electron chi connectivity index (χ4n) is 5.33. The van der Waals surface area contributed by atoms with Crippen LogP contribution < -0.4 is 0 Å². The molecule has 1 fully saturated rings. The first-order chi connectivity index (χ1) is 7.77. The molecule has 0 N–H and O–H groups in total. The smallest absolute Gasteiger partial charge is 0.195 e. The van der Waals surface area contributed by atoms with E-state index in [0.717, 1.165) is 0 Å². The van der Waals surface area contributed by atoms with Gasteiger partial charge in [0.15, 0.2) is 8.07 Å². The van der Waals surface area contributed by atoms with Crippen LogP contribution >= 0.6 is 0 Å². The van der Waals surface area contributed by atoms with Gasteiger partial charge in [-0.05, 0) is 21.2 Å². The molecule has 0 unspecified atom stereocenters. The Morgan fingerprint density at radius 3 is 1.11 bits per heavy atom. The van der Waals surface area contributed by atoms with Gasteiger partial charge >= 0.3 is 0 Å². The molecule has 3 heteroatoms. The lowest BCUT2D eigenvalue weighted by Gasteiger charge is -2.59. The summed E-state index contributed by atoms with van der Waals surface area (Å²) in [6.45, 7) is 24.9. The lowest BCUT2D eigenvalue weighted by Crippen LogP contribution is -2.67. The molecule has 0 radical (unpaired) electrons. The summed E-state index contributed by atoms with van der Waals surface area (Å²) in [6, 6.07) is 0. The van der Waals surface area contributed by atoms with E-state index < -0.39 is 13.5 Å². The van der Waals surface area contributed by atoms with Gasteiger partial charge in [0.05, 0.1) is 0 Å². The number of hydrogen-bond acceptors (Lipinski definition) is 2. The van der Waals surface area contributed by atoms with Crippen LogP contribution in [0.25, 0.3) is 0 Å². The van der Waals surface area contributed by atoms with Crippen molar-refractivity contribution in [1.29, 1.82) is 0 Å². The molecule has 18 heavy (non-hydrogen) atoms. The summed E-state index contributed by atoms with van der Waals surface area (Å²) in [5, 5.41) is 0.441. The van der Waals surface area contributed by atoms with Crippen LogP contribution in [0.2, 0.25) is 15.1 Å². The van der Waals surface area contributed by atoms with Crippen molar-refractivity contribution in [2.24, 2.45) is 0 Å². The number of hydrogen-bond donors (Lipinski definition) is 0. The molecule has 106 valence electrons. The molecule has 0 aromatic heterocycles. The van der Waals surface area contributed by atoms with Crippen LogP contribution in [0.15, 0.2) is 12.7 Å². The zero-order chi connectivity index (χ0) is 14.6. The van der Waals surface area contributed by atoms with Crippen molar-refractivity contribution in [3.8, 4) is 0 Å². The summed E-state index contributed by atoms with van der Waals surface area (Å²) in [5.74, 6) is 0. The molecule has 0 atom stereocenters. The second-order valence-corrected chi connectivity index (χ2v) is 15.2. The summed E-state index contributed by atoms with van der Waals surface area (Å²) in [5.41, 5.74) is -0.540. The van der Waals surface area contributed by atoms with Crippen molar-refractivity contribution in [3.05, 3.63) is 12.7 Å². The average Bonchev–Trinajstić information content (AvgIpc) is 2.77. The molecule has 1 saturated heterocycles. The van der Waals surface area contributed by atoms with E-state index in [1.54, 1.807) is 0 Å². The predicted molar refractivity (Wildman–Crippen MR) is 80.0 cm³/mol. The Labute approximate surface area is 114 Å². The minimum absolute atomic E-state index is 0.147. The highest BCUT2D eigenvalue weighted by molar-refractivity contribution is 6.90. The molecule has 0 aliphatic carbocycles. The molecule has 1 heterocycles. The third-order valence-electron chi connectivity index (χ3n) is 4.43. The van der Waals surface area contributed by atoms with Crippen LogP contribution in [-0.2, 0) is 9.78 Å². The zero-order valence-electron chi connectivity index (χ0n) is 13.6. The van der Waals surface area contributed by atoms with Crippen molar-refractivity contribution in [3.63, 3.8) is 0 Å². The topological polar surface area (TPSA) is 25.1 Å². The van der Waals surface area contributed by atoms with Crippen molar-refractivity contribution in [2.45, 2.75) is 82.8 Å². The molecule has 0 spiro atoms. The van der Waals surface area contributed by atoms with Gasteiger partial charge in [-0.1, -0.05) is 68.9 Å². The predicted octanol–water partition coefficient (Wildman–Crippen LogP) is 5.22. The van der Waals surface area contributed by atoms with Crippen LogP contribution in [0, 0.1) is 0 Å². The normalized spacial score (nSPS) is 20.7. The molecule has 1 rings (SSSR count). The van der Waals surface area contributed by atoms with E-state index in [1.165, 1.54) is 0 Å². The second kappa shape index (κ2) is 3.94. The summed E-state index contributed by atoms with van der Waals surface area (Å²) in [6.07, 6.45) is 1.89. The molecule has 0 bridgehead atoms. The third-order valence-corrected chi connectivity index (χ3v) is 12.6. The van der Waals surface area contributed by atoms with Gasteiger partial charge in [0.2, 0.25) is 5.41 Å². The Balaban J connectivity index is 3.65. The van der Waals surface area contributed by atoms with Gasteiger partial charge in [-0.3, -0.25) is 0 Å². The maximum absolute atomic E-state index is 5.53. The molecule has 0 amide bonds. The van der Waals surface area contributed by atoms with Gasteiger partial charge in [-0.25, -0.2) is 0 Å². The van der Waals surface area contributed by atoms with Crippen LogP contribution in [0.1, 0.15) is 62.3 Å². The SMILES string of the molecule is C=CC1([Si](C(C)(C)C)(C(C)(C)C)C(C)(C)C)OO1. The lowest BCUT2D eigenvalue weighted by molar-refractivity contribution is 0.0850. The van der Waals surface area contributed by atoms with Crippen molar-refractivity contribution >= 4 is 8.07 Å². The maximum Gasteiger partial charge on any atom is 0.235 e. The van der Waals surface area contributed by atoms with Crippen molar-refractivity contribution < 1.29 is 9.78 Å². The summed E-state index contributed by atoms with van der Waals surface area (Å²) in [4.78, 5) is 11.1. The largest absolute Gasteiger partial charge is 0.235 e. The Hall–Kier alpha value is -0.123. The van der Waals surface area contributed by atoms with E-state index >= 15 is 0 Å². The molecule has 2 nitrogen and oxygen atoms in total. The zero-order valence-corrected chi connectivity index (χ0v) is 14.6. The maximum atomic E-state index is 5.53. The molecule has 0 aromatic rings. The van der Waals surface area contributed by atoms with Gasteiger partial charge in [-0.15, -0.1) is 0 Å². The third kappa shape index (κ3) is 1.83. The highest BCUT2D eigenvalue weighted by Gasteiger charge is 2.77. The Morgan fingerprint density at radius 1 is 0.778 bits per heavy atom. The highest BCUT2D eigenvalue weighted by Crippen LogP contribution is 2.70. The van der Waals surface area contributed by atoms with Crippen LogP contribution in [-0.4, -0.2) is 13.5 Å². The van der Waals surface area contributed by atoms with Gasteiger partial charge in [0.1, 0.15) is 0 Å². The fourth-order valence-corrected chi connectivity index (χ4v) is 15.8. The van der Waals surface area contributed by atoms with E-state index in [9.17, 15) is 0 Å². The van der Waals surface area contributed by atoms with Gasteiger partial charge in [0.25, 0.3) is 0 Å². The molecular formula is C15H30O2Si. The van der Waals surface area contributed by atoms with Gasteiger partial charge in [0, 0.05) is 0 Å². The highest BCUT2D eigenvalue weighted by atomic mass is 28.3. The van der Waals surface area contributed by atoms with Crippen LogP contribution in [0.5, 0.6) is 0 Å². The van der Waals surface area contributed by atoms with Crippen LogP contribution in [0.3, 0.4) is 0 Å². The van der Waals surface area contributed by atoms with Gasteiger partial charge in [-0.2, -0.15) is 9.78 Å². The Kier molecular flexibility index (Phi) is 3.48. The molecule has 0 aromatic carbocycles. The van der Waals surface area contributed by atoms with E-state index in [2.05, 4.69) is 68.9 Å². The Bertz CT molecular complexity index is 299. The number of rotatable bonds is 2. The van der Waals surface area contributed by atoms with Gasteiger partial charge < -0.3 is 0 Å². The van der Waals surface area contributed by atoms with Crippen molar-refractivity contribution in [1.82, 2.24) is 0 Å².